The summed E-state index contributed by atoms with van der Waals surface area (Å²) in [6.07, 6.45) is 6.76. The predicted molar refractivity (Wildman–Crippen MR) is 81.0 cm³/mol. The van der Waals surface area contributed by atoms with Crippen molar-refractivity contribution in [2.24, 2.45) is 0 Å². The van der Waals surface area contributed by atoms with Crippen LogP contribution in [0, 0.1) is 5.82 Å². The van der Waals surface area contributed by atoms with E-state index in [-0.39, 0.29) is 17.2 Å². The molecule has 1 aromatic carbocycles. The minimum Gasteiger partial charge on any atom is -0.492 e. The first kappa shape index (κ1) is 14.1. The van der Waals surface area contributed by atoms with Gasteiger partial charge in [-0.1, -0.05) is 18.2 Å². The summed E-state index contributed by atoms with van der Waals surface area (Å²) in [5.74, 6) is -0.365. The second-order valence-electron chi connectivity index (χ2n) is 4.70. The first-order valence-electron chi connectivity index (χ1n) is 6.42. The van der Waals surface area contributed by atoms with Gasteiger partial charge in [-0.05, 0) is 24.3 Å². The molecule has 0 aliphatic carbocycles. The van der Waals surface area contributed by atoms with Crippen molar-refractivity contribution in [3.8, 4) is 0 Å². The molecular formula is C15H13FN4O2. The Labute approximate surface area is 125 Å². The molecule has 1 aromatic heterocycles. The zero-order valence-electron chi connectivity index (χ0n) is 11.4. The van der Waals surface area contributed by atoms with Gasteiger partial charge in [0.1, 0.15) is 17.2 Å². The molecule has 0 atom stereocenters. The lowest BCUT2D eigenvalue weighted by Crippen LogP contribution is -2.42. The predicted octanol–water partition coefficient (Wildman–Crippen LogP) is 1.90. The van der Waals surface area contributed by atoms with E-state index in [2.05, 4.69) is 10.5 Å². The Balaban J connectivity index is 0.00000144. The Hall–Kier alpha value is -2.90. The van der Waals surface area contributed by atoms with Gasteiger partial charge in [0.2, 0.25) is 5.88 Å². The maximum absolute atomic E-state index is 14.1. The number of para-hydroxylation sites is 1. The Morgan fingerprint density at radius 1 is 1.09 bits per heavy atom. The van der Waals surface area contributed by atoms with Gasteiger partial charge in [0, 0.05) is 11.8 Å². The Morgan fingerprint density at radius 2 is 1.95 bits per heavy atom. The molecule has 4 N–H and O–H groups in total. The number of rotatable bonds is 1. The molecule has 22 heavy (non-hydrogen) atoms. The van der Waals surface area contributed by atoms with Crippen molar-refractivity contribution in [2.75, 3.05) is 10.0 Å². The maximum atomic E-state index is 14.1. The largest absolute Gasteiger partial charge is 0.492 e. The molecule has 6 nitrogen and oxygen atoms in total. The SMILES string of the molecule is O.OC1=C2C=Cc3cccc(F)c3N2NN1c1cccnc1. The number of aromatic nitrogens is 1. The van der Waals surface area contributed by atoms with E-state index in [1.165, 1.54) is 16.1 Å². The summed E-state index contributed by atoms with van der Waals surface area (Å²) in [6.45, 7) is 0. The first-order chi connectivity index (χ1) is 10.3. The van der Waals surface area contributed by atoms with Gasteiger partial charge in [-0.3, -0.25) is 4.98 Å². The first-order valence-corrected chi connectivity index (χ1v) is 6.42. The molecule has 0 bridgehead atoms. The van der Waals surface area contributed by atoms with Crippen LogP contribution < -0.4 is 15.6 Å². The van der Waals surface area contributed by atoms with Gasteiger partial charge in [-0.2, -0.15) is 0 Å². The fourth-order valence-corrected chi connectivity index (χ4v) is 2.47. The zero-order chi connectivity index (χ0) is 14.4. The smallest absolute Gasteiger partial charge is 0.234 e. The average Bonchev–Trinajstić information content (AvgIpc) is 2.85. The quantitative estimate of drug-likeness (QED) is 0.840. The maximum Gasteiger partial charge on any atom is 0.234 e. The number of hydrazine groups is 2. The molecule has 0 radical (unpaired) electrons. The molecule has 0 fully saturated rings. The summed E-state index contributed by atoms with van der Waals surface area (Å²) in [5.41, 5.74) is 5.23. The normalized spacial score (nSPS) is 15.5. The molecule has 0 unspecified atom stereocenters. The number of hydrogen-bond donors (Lipinski definition) is 2. The monoisotopic (exact) mass is 300 g/mol. The van der Waals surface area contributed by atoms with Crippen LogP contribution in [0.3, 0.4) is 0 Å². The van der Waals surface area contributed by atoms with Gasteiger partial charge < -0.3 is 10.6 Å². The number of fused-ring (bicyclic) bond motifs is 3. The highest BCUT2D eigenvalue weighted by Crippen LogP contribution is 2.37. The van der Waals surface area contributed by atoms with Crippen molar-refractivity contribution in [2.45, 2.75) is 0 Å². The third kappa shape index (κ3) is 1.92. The van der Waals surface area contributed by atoms with Crippen LogP contribution in [-0.4, -0.2) is 15.6 Å². The van der Waals surface area contributed by atoms with Crippen LogP contribution in [0.15, 0.2) is 60.4 Å². The van der Waals surface area contributed by atoms with E-state index in [0.717, 1.165) is 5.56 Å². The highest BCUT2D eigenvalue weighted by molar-refractivity contribution is 5.78. The number of aliphatic hydroxyl groups is 1. The highest BCUT2D eigenvalue weighted by Gasteiger charge is 2.34. The number of pyridine rings is 1. The molecule has 2 aliphatic heterocycles. The molecule has 0 amide bonds. The number of nitrogens with one attached hydrogen (secondary N) is 1. The average molecular weight is 300 g/mol. The topological polar surface area (TPSA) is 83.1 Å². The number of nitrogens with zero attached hydrogens (tertiary/aromatic N) is 3. The summed E-state index contributed by atoms with van der Waals surface area (Å²) in [4.78, 5) is 4.02. The van der Waals surface area contributed by atoms with Crippen LogP contribution in [-0.2, 0) is 0 Å². The number of hydrogen-bond acceptors (Lipinski definition) is 5. The van der Waals surface area contributed by atoms with E-state index in [4.69, 9.17) is 0 Å². The van der Waals surface area contributed by atoms with E-state index in [9.17, 15) is 9.50 Å². The van der Waals surface area contributed by atoms with E-state index >= 15 is 0 Å². The van der Waals surface area contributed by atoms with Crippen LogP contribution in [0.2, 0.25) is 0 Å². The van der Waals surface area contributed by atoms with Crippen LogP contribution >= 0.6 is 0 Å². The van der Waals surface area contributed by atoms with Crippen molar-refractivity contribution in [1.82, 2.24) is 10.5 Å². The third-order valence-corrected chi connectivity index (χ3v) is 3.45. The van der Waals surface area contributed by atoms with E-state index in [0.29, 0.717) is 17.1 Å². The summed E-state index contributed by atoms with van der Waals surface area (Å²) >= 11 is 0. The minimum atomic E-state index is -0.359. The van der Waals surface area contributed by atoms with Crippen molar-refractivity contribution in [1.29, 1.82) is 0 Å². The molecule has 0 saturated carbocycles. The van der Waals surface area contributed by atoms with Gasteiger partial charge in [0.05, 0.1) is 11.9 Å². The molecule has 4 rings (SSSR count). The van der Waals surface area contributed by atoms with Gasteiger partial charge in [-0.15, -0.1) is 5.53 Å². The molecule has 3 heterocycles. The lowest BCUT2D eigenvalue weighted by Gasteiger charge is -2.26. The highest BCUT2D eigenvalue weighted by atomic mass is 19.1. The Bertz CT molecular complexity index is 776. The number of aliphatic hydroxyl groups excluding tert-OH is 1. The molecule has 2 aromatic rings. The lowest BCUT2D eigenvalue weighted by molar-refractivity contribution is 0.388. The number of allylic oxidation sites excluding steroid dienone is 1. The lowest BCUT2D eigenvalue weighted by atomic mass is 10.1. The van der Waals surface area contributed by atoms with Gasteiger partial charge >= 0.3 is 0 Å². The molecule has 112 valence electrons. The Morgan fingerprint density at radius 3 is 2.73 bits per heavy atom. The summed E-state index contributed by atoms with van der Waals surface area (Å²) in [5, 5.41) is 13.3. The number of anilines is 2. The number of benzene rings is 1. The Kier molecular flexibility index (Phi) is 3.28. The van der Waals surface area contributed by atoms with Gasteiger partial charge in [0.25, 0.3) is 0 Å². The van der Waals surface area contributed by atoms with E-state index in [1.54, 1.807) is 42.7 Å². The van der Waals surface area contributed by atoms with Crippen LogP contribution in [0.25, 0.3) is 6.08 Å². The van der Waals surface area contributed by atoms with Crippen LogP contribution in [0.5, 0.6) is 0 Å². The van der Waals surface area contributed by atoms with Crippen LogP contribution in [0.1, 0.15) is 5.56 Å². The second-order valence-corrected chi connectivity index (χ2v) is 4.70. The molecule has 7 heteroatoms. The van der Waals surface area contributed by atoms with Crippen LogP contribution in [0.4, 0.5) is 15.8 Å². The molecule has 0 saturated heterocycles. The molecule has 2 aliphatic rings. The van der Waals surface area contributed by atoms with Crippen molar-refractivity contribution >= 4 is 17.5 Å². The fraction of sp³-hybridized carbons (Fsp3) is 0. The van der Waals surface area contributed by atoms with Gasteiger partial charge in [0.15, 0.2) is 0 Å². The second kappa shape index (κ2) is 5.14. The molecular weight excluding hydrogens is 287 g/mol. The van der Waals surface area contributed by atoms with Gasteiger partial charge in [-0.25, -0.2) is 14.4 Å². The summed E-state index contributed by atoms with van der Waals surface area (Å²) < 4.78 is 14.1. The fourth-order valence-electron chi connectivity index (χ4n) is 2.47. The summed E-state index contributed by atoms with van der Waals surface area (Å²) in [6, 6.07) is 8.41. The minimum absolute atomic E-state index is 0. The number of halogens is 1. The van der Waals surface area contributed by atoms with E-state index in [1.807, 2.05) is 6.07 Å². The van der Waals surface area contributed by atoms with Crippen molar-refractivity contribution < 1.29 is 15.0 Å². The van der Waals surface area contributed by atoms with Crippen molar-refractivity contribution in [3.63, 3.8) is 0 Å². The standard InChI is InChI=1S/C15H11FN4O.H2O/c16-12-5-1-3-10-6-7-13-15(21)19(18-20(13)14(10)12)11-4-2-8-17-9-11;/h1-9,18,21H;1H2. The zero-order valence-corrected chi connectivity index (χ0v) is 11.4. The molecule has 0 spiro atoms. The van der Waals surface area contributed by atoms with E-state index < -0.39 is 0 Å². The van der Waals surface area contributed by atoms with Crippen molar-refractivity contribution in [3.05, 3.63) is 71.8 Å². The third-order valence-electron chi connectivity index (χ3n) is 3.45. The summed E-state index contributed by atoms with van der Waals surface area (Å²) in [7, 11) is 0.